The van der Waals surface area contributed by atoms with Crippen molar-refractivity contribution in [1.29, 1.82) is 0 Å². The highest BCUT2D eigenvalue weighted by atomic mass is 16.7. The number of aliphatic imine (C=N–C) groups is 1. The zero-order chi connectivity index (χ0) is 9.31. The molecule has 1 fully saturated rings. The lowest BCUT2D eigenvalue weighted by molar-refractivity contribution is -0.0865. The number of hydroxylamine groups is 1. The van der Waals surface area contributed by atoms with Crippen molar-refractivity contribution in [2.24, 2.45) is 4.99 Å². The summed E-state index contributed by atoms with van der Waals surface area (Å²) in [5.74, 6) is 0.990. The molecule has 13 heavy (non-hydrogen) atoms. The molecular formula is C9H17N3O. The van der Waals surface area contributed by atoms with Crippen molar-refractivity contribution in [3.63, 3.8) is 0 Å². The van der Waals surface area contributed by atoms with Crippen LogP contribution in [0.3, 0.4) is 0 Å². The Labute approximate surface area is 78.9 Å². The van der Waals surface area contributed by atoms with Crippen LogP contribution in [0.25, 0.3) is 0 Å². The Hall–Kier alpha value is -0.610. The summed E-state index contributed by atoms with van der Waals surface area (Å²) in [6, 6.07) is 0. The molecule has 0 unspecified atom stereocenters. The lowest BCUT2D eigenvalue weighted by Gasteiger charge is -2.33. The van der Waals surface area contributed by atoms with Crippen LogP contribution in [-0.2, 0) is 4.84 Å². The molecule has 2 aliphatic heterocycles. The molecule has 0 saturated carbocycles. The van der Waals surface area contributed by atoms with Crippen LogP contribution >= 0.6 is 0 Å². The van der Waals surface area contributed by atoms with Gasteiger partial charge in [0.15, 0.2) is 5.72 Å². The summed E-state index contributed by atoms with van der Waals surface area (Å²) in [5.41, 5.74) is 2.67. The standard InChI is InChI=1S/C9H17N3O/c1-3-8-10-9(13-11-8)4-6-12(2)7-5-9/h3-7H2,1-2H3,(H,10,11). The maximum atomic E-state index is 5.55. The number of nitrogens with zero attached hydrogens (tertiary/aromatic N) is 2. The van der Waals surface area contributed by atoms with Gasteiger partial charge in [0.1, 0.15) is 5.84 Å². The summed E-state index contributed by atoms with van der Waals surface area (Å²) in [4.78, 5) is 12.5. The van der Waals surface area contributed by atoms with Crippen molar-refractivity contribution in [2.45, 2.75) is 31.9 Å². The van der Waals surface area contributed by atoms with Crippen molar-refractivity contribution >= 4 is 5.84 Å². The fourth-order valence-corrected chi connectivity index (χ4v) is 1.78. The van der Waals surface area contributed by atoms with Gasteiger partial charge < -0.3 is 4.90 Å². The fraction of sp³-hybridized carbons (Fsp3) is 0.889. The van der Waals surface area contributed by atoms with E-state index in [4.69, 9.17) is 4.84 Å². The number of likely N-dealkylation sites (tertiary alicyclic amines) is 1. The second-order valence-electron chi connectivity index (χ2n) is 3.87. The Kier molecular flexibility index (Phi) is 2.26. The number of amidine groups is 1. The summed E-state index contributed by atoms with van der Waals surface area (Å²) < 4.78 is 0. The Balaban J connectivity index is 2.03. The van der Waals surface area contributed by atoms with Crippen molar-refractivity contribution in [1.82, 2.24) is 10.4 Å². The van der Waals surface area contributed by atoms with E-state index in [0.29, 0.717) is 0 Å². The molecule has 0 aliphatic carbocycles. The van der Waals surface area contributed by atoms with Gasteiger partial charge in [0.2, 0.25) is 0 Å². The number of nitrogens with one attached hydrogen (secondary N) is 1. The third kappa shape index (κ3) is 1.69. The van der Waals surface area contributed by atoms with E-state index in [0.717, 1.165) is 38.2 Å². The highest BCUT2D eigenvalue weighted by Crippen LogP contribution is 2.29. The fourth-order valence-electron chi connectivity index (χ4n) is 1.78. The van der Waals surface area contributed by atoms with Crippen LogP contribution in [0.1, 0.15) is 26.2 Å². The predicted octanol–water partition coefficient (Wildman–Crippen LogP) is 0.752. The van der Waals surface area contributed by atoms with E-state index in [9.17, 15) is 0 Å². The summed E-state index contributed by atoms with van der Waals surface area (Å²) in [7, 11) is 2.14. The van der Waals surface area contributed by atoms with Gasteiger partial charge in [0, 0.05) is 32.4 Å². The van der Waals surface area contributed by atoms with Gasteiger partial charge in [-0.25, -0.2) is 9.83 Å². The highest BCUT2D eigenvalue weighted by Gasteiger charge is 2.38. The minimum atomic E-state index is -0.238. The molecule has 1 N–H and O–H groups in total. The Bertz CT molecular complexity index is 219. The quantitative estimate of drug-likeness (QED) is 0.652. The molecule has 1 saturated heterocycles. The topological polar surface area (TPSA) is 36.9 Å². The van der Waals surface area contributed by atoms with Crippen molar-refractivity contribution in [3.8, 4) is 0 Å². The first-order valence-corrected chi connectivity index (χ1v) is 4.95. The molecule has 1 spiro atoms. The van der Waals surface area contributed by atoms with Gasteiger partial charge in [0.05, 0.1) is 0 Å². The minimum absolute atomic E-state index is 0.238. The lowest BCUT2D eigenvalue weighted by Crippen LogP contribution is -2.42. The van der Waals surface area contributed by atoms with E-state index in [2.05, 4.69) is 29.3 Å². The zero-order valence-electron chi connectivity index (χ0n) is 8.34. The van der Waals surface area contributed by atoms with Crippen molar-refractivity contribution in [3.05, 3.63) is 0 Å². The minimum Gasteiger partial charge on any atom is -0.306 e. The monoisotopic (exact) mass is 183 g/mol. The van der Waals surface area contributed by atoms with E-state index in [1.165, 1.54) is 0 Å². The van der Waals surface area contributed by atoms with Crippen LogP contribution < -0.4 is 5.48 Å². The number of hydrogen-bond donors (Lipinski definition) is 1. The Morgan fingerprint density at radius 1 is 1.54 bits per heavy atom. The molecule has 2 aliphatic rings. The second-order valence-corrected chi connectivity index (χ2v) is 3.87. The number of hydrogen-bond acceptors (Lipinski definition) is 4. The molecule has 2 heterocycles. The van der Waals surface area contributed by atoms with Crippen molar-refractivity contribution in [2.75, 3.05) is 20.1 Å². The average molecular weight is 183 g/mol. The molecule has 0 aromatic rings. The van der Waals surface area contributed by atoms with Crippen LogP contribution in [0.5, 0.6) is 0 Å². The predicted molar refractivity (Wildman–Crippen MR) is 51.4 cm³/mol. The molecular weight excluding hydrogens is 166 g/mol. The number of piperidine rings is 1. The molecule has 0 aromatic heterocycles. The molecule has 0 bridgehead atoms. The molecule has 4 nitrogen and oxygen atoms in total. The highest BCUT2D eigenvalue weighted by molar-refractivity contribution is 5.82. The molecule has 0 radical (unpaired) electrons. The van der Waals surface area contributed by atoms with Gasteiger partial charge >= 0.3 is 0 Å². The van der Waals surface area contributed by atoms with Crippen LogP contribution in [0.2, 0.25) is 0 Å². The molecule has 74 valence electrons. The zero-order valence-corrected chi connectivity index (χ0v) is 8.34. The lowest BCUT2D eigenvalue weighted by atomic mass is 10.0. The van der Waals surface area contributed by atoms with Crippen molar-refractivity contribution < 1.29 is 4.84 Å². The van der Waals surface area contributed by atoms with Gasteiger partial charge in [-0.2, -0.15) is 0 Å². The van der Waals surface area contributed by atoms with Crippen LogP contribution in [-0.4, -0.2) is 36.6 Å². The average Bonchev–Trinajstić information content (AvgIpc) is 2.55. The first-order valence-electron chi connectivity index (χ1n) is 4.95. The summed E-state index contributed by atoms with van der Waals surface area (Å²) in [6.07, 6.45) is 2.93. The number of rotatable bonds is 1. The van der Waals surface area contributed by atoms with E-state index in [1.807, 2.05) is 0 Å². The van der Waals surface area contributed by atoms with E-state index in [1.54, 1.807) is 0 Å². The molecule has 0 aromatic carbocycles. The second kappa shape index (κ2) is 3.27. The van der Waals surface area contributed by atoms with E-state index in [-0.39, 0.29) is 5.72 Å². The van der Waals surface area contributed by atoms with Crippen LogP contribution in [0, 0.1) is 0 Å². The third-order valence-corrected chi connectivity index (χ3v) is 2.80. The summed E-state index contributed by atoms with van der Waals surface area (Å²) in [6.45, 7) is 4.23. The van der Waals surface area contributed by atoms with Gasteiger partial charge in [-0.15, -0.1) is 0 Å². The van der Waals surface area contributed by atoms with Gasteiger partial charge in [-0.05, 0) is 7.05 Å². The Morgan fingerprint density at radius 2 is 2.23 bits per heavy atom. The van der Waals surface area contributed by atoms with Gasteiger partial charge in [-0.1, -0.05) is 6.92 Å². The van der Waals surface area contributed by atoms with Gasteiger partial charge in [0.25, 0.3) is 0 Å². The van der Waals surface area contributed by atoms with Gasteiger partial charge in [-0.3, -0.25) is 5.48 Å². The third-order valence-electron chi connectivity index (χ3n) is 2.80. The first kappa shape index (κ1) is 8.97. The van der Waals surface area contributed by atoms with E-state index >= 15 is 0 Å². The molecule has 4 heteroatoms. The first-order chi connectivity index (χ1) is 6.24. The maximum absolute atomic E-state index is 5.55. The SMILES string of the molecule is CCC1=NC2(CCN(C)CC2)ON1. The summed E-state index contributed by atoms with van der Waals surface area (Å²) >= 11 is 0. The summed E-state index contributed by atoms with van der Waals surface area (Å²) in [5, 5.41) is 0. The van der Waals surface area contributed by atoms with E-state index < -0.39 is 0 Å². The molecule has 0 atom stereocenters. The molecule has 0 amide bonds. The molecule has 2 rings (SSSR count). The smallest absolute Gasteiger partial charge is 0.189 e. The Morgan fingerprint density at radius 3 is 2.77 bits per heavy atom. The normalized spacial score (nSPS) is 27.4. The maximum Gasteiger partial charge on any atom is 0.189 e. The largest absolute Gasteiger partial charge is 0.306 e. The van der Waals surface area contributed by atoms with Crippen LogP contribution in [0.15, 0.2) is 4.99 Å². The van der Waals surface area contributed by atoms with Crippen LogP contribution in [0.4, 0.5) is 0 Å².